The zero-order valence-electron chi connectivity index (χ0n) is 11.6. The van der Waals surface area contributed by atoms with Gasteiger partial charge in [-0.1, -0.05) is 22.8 Å². The van der Waals surface area contributed by atoms with Gasteiger partial charge in [0.25, 0.3) is 0 Å². The van der Waals surface area contributed by atoms with Crippen molar-refractivity contribution in [1.82, 2.24) is 15.5 Å². The molecule has 2 bridgehead atoms. The molecule has 1 N–H and O–H groups in total. The lowest BCUT2D eigenvalue weighted by molar-refractivity contribution is -0.0995. The van der Waals surface area contributed by atoms with Crippen LogP contribution in [-0.4, -0.2) is 22.8 Å². The molecule has 1 aromatic heterocycles. The van der Waals surface area contributed by atoms with E-state index in [1.54, 1.807) is 0 Å². The molecule has 0 spiro atoms. The molecule has 0 aliphatic heterocycles. The molecule has 104 valence electrons. The summed E-state index contributed by atoms with van der Waals surface area (Å²) in [5.41, 5.74) is 1.62. The van der Waals surface area contributed by atoms with E-state index in [1.165, 1.54) is 5.56 Å². The van der Waals surface area contributed by atoms with E-state index in [4.69, 9.17) is 9.15 Å². The Morgan fingerprint density at radius 3 is 2.50 bits per heavy atom. The minimum Gasteiger partial charge on any atom is -0.410 e. The number of hydrogen-bond acceptors (Lipinski definition) is 5. The third-order valence-corrected chi connectivity index (χ3v) is 4.65. The van der Waals surface area contributed by atoms with Gasteiger partial charge < -0.3 is 14.5 Å². The minimum absolute atomic E-state index is 0.102. The first-order chi connectivity index (χ1) is 9.63. The second-order valence-corrected chi connectivity index (χ2v) is 6.13. The molecule has 3 aliphatic rings. The van der Waals surface area contributed by atoms with E-state index in [0.717, 1.165) is 30.9 Å². The van der Waals surface area contributed by atoms with Gasteiger partial charge in [-0.2, -0.15) is 0 Å². The molecule has 0 unspecified atom stereocenters. The van der Waals surface area contributed by atoms with Crippen molar-refractivity contribution in [2.24, 2.45) is 0 Å². The normalized spacial score (nSPS) is 30.5. The van der Waals surface area contributed by atoms with Crippen LogP contribution < -0.4 is 10.1 Å². The quantitative estimate of drug-likeness (QED) is 0.926. The molecule has 1 heterocycles. The highest BCUT2D eigenvalue weighted by Gasteiger charge is 2.70. The van der Waals surface area contributed by atoms with Crippen molar-refractivity contribution < 1.29 is 9.15 Å². The third-order valence-electron chi connectivity index (χ3n) is 4.65. The predicted molar refractivity (Wildman–Crippen MR) is 72.9 cm³/mol. The topological polar surface area (TPSA) is 60.2 Å². The van der Waals surface area contributed by atoms with Crippen LogP contribution in [0.5, 0.6) is 11.8 Å². The summed E-state index contributed by atoms with van der Waals surface area (Å²) in [6, 6.07) is 7.78. The molecular weight excluding hydrogens is 254 g/mol. The number of aryl methyl sites for hydroxylation is 1. The predicted octanol–water partition coefficient (Wildman–Crippen LogP) is 2.56. The largest absolute Gasteiger partial charge is 0.420 e. The molecule has 5 heteroatoms. The zero-order valence-corrected chi connectivity index (χ0v) is 11.6. The van der Waals surface area contributed by atoms with Gasteiger partial charge in [-0.15, -0.1) is 5.10 Å². The molecule has 5 nitrogen and oxygen atoms in total. The summed E-state index contributed by atoms with van der Waals surface area (Å²) in [6.07, 6.45) is 3.49. The van der Waals surface area contributed by atoms with Crippen molar-refractivity contribution in [3.63, 3.8) is 0 Å². The SMILES string of the molecule is CNC12CC(c3nnc(Oc4ccc(C)cc4)o3)(C1)C2. The average molecular weight is 271 g/mol. The van der Waals surface area contributed by atoms with Gasteiger partial charge in [-0.05, 0) is 45.4 Å². The first-order valence-corrected chi connectivity index (χ1v) is 6.91. The number of rotatable bonds is 4. The molecule has 20 heavy (non-hydrogen) atoms. The highest BCUT2D eigenvalue weighted by molar-refractivity contribution is 5.34. The van der Waals surface area contributed by atoms with Gasteiger partial charge in [-0.3, -0.25) is 0 Å². The average Bonchev–Trinajstić information content (AvgIpc) is 2.78. The second-order valence-electron chi connectivity index (χ2n) is 6.13. The first kappa shape index (κ1) is 11.9. The Morgan fingerprint density at radius 2 is 1.85 bits per heavy atom. The number of benzene rings is 1. The van der Waals surface area contributed by atoms with Crippen molar-refractivity contribution >= 4 is 0 Å². The first-order valence-electron chi connectivity index (χ1n) is 6.91. The maximum absolute atomic E-state index is 5.68. The molecule has 1 aromatic carbocycles. The highest BCUT2D eigenvalue weighted by Crippen LogP contribution is 2.67. The van der Waals surface area contributed by atoms with E-state index in [-0.39, 0.29) is 11.5 Å². The van der Waals surface area contributed by atoms with Gasteiger partial charge >= 0.3 is 6.08 Å². The van der Waals surface area contributed by atoms with Gasteiger partial charge in [0.15, 0.2) is 0 Å². The smallest absolute Gasteiger partial charge is 0.410 e. The Morgan fingerprint density at radius 1 is 1.15 bits per heavy atom. The molecule has 3 fully saturated rings. The Bertz CT molecular complexity index is 628. The Labute approximate surface area is 117 Å². The van der Waals surface area contributed by atoms with Crippen LogP contribution in [0.15, 0.2) is 28.7 Å². The molecule has 2 aromatic rings. The van der Waals surface area contributed by atoms with Crippen LogP contribution in [0.25, 0.3) is 0 Å². The van der Waals surface area contributed by atoms with Crippen molar-refractivity contribution in [2.45, 2.75) is 37.1 Å². The summed E-state index contributed by atoms with van der Waals surface area (Å²) in [4.78, 5) is 0. The molecule has 0 amide bonds. The number of ether oxygens (including phenoxy) is 1. The van der Waals surface area contributed by atoms with E-state index in [9.17, 15) is 0 Å². The van der Waals surface area contributed by atoms with Crippen LogP contribution >= 0.6 is 0 Å². The molecule has 0 atom stereocenters. The standard InChI is InChI=1S/C15H17N3O2/c1-10-3-5-11(6-4-10)19-13-18-17-12(20-13)14-7-15(8-14,9-14)16-2/h3-6,16H,7-9H2,1-2H3. The van der Waals surface area contributed by atoms with Crippen molar-refractivity contribution in [3.8, 4) is 11.8 Å². The number of nitrogens with one attached hydrogen (secondary N) is 1. The van der Waals surface area contributed by atoms with E-state index >= 15 is 0 Å². The number of hydrogen-bond donors (Lipinski definition) is 1. The number of aromatic nitrogens is 2. The van der Waals surface area contributed by atoms with Crippen LogP contribution in [0.4, 0.5) is 0 Å². The summed E-state index contributed by atoms with van der Waals surface area (Å²) in [5.74, 6) is 1.44. The van der Waals surface area contributed by atoms with Crippen molar-refractivity contribution in [3.05, 3.63) is 35.7 Å². The van der Waals surface area contributed by atoms with E-state index in [2.05, 4.69) is 15.5 Å². The Hall–Kier alpha value is -1.88. The van der Waals surface area contributed by atoms with Gasteiger partial charge in [0.05, 0.1) is 5.41 Å². The maximum Gasteiger partial charge on any atom is 0.420 e. The fraction of sp³-hybridized carbons (Fsp3) is 0.467. The molecule has 5 rings (SSSR count). The second kappa shape index (κ2) is 3.82. The summed E-state index contributed by atoms with van der Waals surface area (Å²) >= 11 is 0. The van der Waals surface area contributed by atoms with E-state index in [1.807, 2.05) is 38.2 Å². The summed E-state index contributed by atoms with van der Waals surface area (Å²) in [5, 5.41) is 11.5. The monoisotopic (exact) mass is 271 g/mol. The summed E-state index contributed by atoms with van der Waals surface area (Å²) in [6.45, 7) is 2.04. The Kier molecular flexibility index (Phi) is 2.27. The lowest BCUT2D eigenvalue weighted by Crippen LogP contribution is -2.75. The van der Waals surface area contributed by atoms with Crippen molar-refractivity contribution in [1.29, 1.82) is 0 Å². The molecule has 0 saturated heterocycles. The number of nitrogens with zero attached hydrogens (tertiary/aromatic N) is 2. The molecule has 3 aliphatic carbocycles. The minimum atomic E-state index is 0.102. The highest BCUT2D eigenvalue weighted by atomic mass is 16.6. The van der Waals surface area contributed by atoms with Crippen LogP contribution in [0, 0.1) is 6.92 Å². The van der Waals surface area contributed by atoms with Crippen LogP contribution in [0.3, 0.4) is 0 Å². The van der Waals surface area contributed by atoms with Gasteiger partial charge in [-0.25, -0.2) is 0 Å². The zero-order chi connectivity index (χ0) is 13.8. The van der Waals surface area contributed by atoms with E-state index in [0.29, 0.717) is 5.54 Å². The van der Waals surface area contributed by atoms with Crippen LogP contribution in [-0.2, 0) is 5.41 Å². The van der Waals surface area contributed by atoms with Gasteiger partial charge in [0.2, 0.25) is 5.89 Å². The Balaban J connectivity index is 1.48. The summed E-state index contributed by atoms with van der Waals surface area (Å²) < 4.78 is 11.3. The van der Waals surface area contributed by atoms with E-state index < -0.39 is 0 Å². The van der Waals surface area contributed by atoms with Crippen LogP contribution in [0.1, 0.15) is 30.7 Å². The molecule has 3 saturated carbocycles. The lowest BCUT2D eigenvalue weighted by Gasteiger charge is -2.68. The van der Waals surface area contributed by atoms with Gasteiger partial charge in [0.1, 0.15) is 5.75 Å². The fourth-order valence-electron chi connectivity index (χ4n) is 3.45. The summed E-state index contributed by atoms with van der Waals surface area (Å²) in [7, 11) is 2.02. The van der Waals surface area contributed by atoms with Gasteiger partial charge in [0, 0.05) is 5.54 Å². The third kappa shape index (κ3) is 1.59. The van der Waals surface area contributed by atoms with Crippen LogP contribution in [0.2, 0.25) is 0 Å². The molecular formula is C15H17N3O2. The molecule has 0 radical (unpaired) electrons. The van der Waals surface area contributed by atoms with Crippen molar-refractivity contribution in [2.75, 3.05) is 7.05 Å². The maximum atomic E-state index is 5.68. The lowest BCUT2D eigenvalue weighted by atomic mass is 9.39. The fourth-order valence-corrected chi connectivity index (χ4v) is 3.45.